The Morgan fingerprint density at radius 3 is 2.69 bits per heavy atom. The molecule has 7 heteroatoms. The predicted molar refractivity (Wildman–Crippen MR) is 100 cm³/mol. The lowest BCUT2D eigenvalue weighted by Crippen LogP contribution is -2.39. The summed E-state index contributed by atoms with van der Waals surface area (Å²) in [7, 11) is 0. The number of nitrogens with zero attached hydrogens (tertiary/aromatic N) is 3. The summed E-state index contributed by atoms with van der Waals surface area (Å²) in [5.74, 6) is -0.516. The quantitative estimate of drug-likeness (QED) is 0.884. The minimum atomic E-state index is -1.03. The van der Waals surface area contributed by atoms with Crippen molar-refractivity contribution in [2.24, 2.45) is 0 Å². The second kappa shape index (κ2) is 7.53. The van der Waals surface area contributed by atoms with Crippen LogP contribution in [0.5, 0.6) is 0 Å². The number of piperidine rings is 1. The van der Waals surface area contributed by atoms with E-state index in [1.165, 1.54) is 12.1 Å². The second-order valence-electron chi connectivity index (χ2n) is 6.99. The number of aromatic nitrogens is 2. The third-order valence-electron chi connectivity index (χ3n) is 4.72. The number of likely N-dealkylation sites (tertiary alicyclic amines) is 1. The average Bonchev–Trinajstić information content (AvgIpc) is 3.11. The molecule has 3 heterocycles. The van der Waals surface area contributed by atoms with Gasteiger partial charge < -0.3 is 10.0 Å². The number of amides is 1. The molecule has 138 valence electrons. The Labute approximate surface area is 156 Å². The average molecular weight is 373 g/mol. The molecule has 1 aliphatic heterocycles. The lowest BCUT2D eigenvalue weighted by molar-refractivity contribution is 0.0682. The summed E-state index contributed by atoms with van der Waals surface area (Å²) in [5, 5.41) is 12.3. The van der Waals surface area contributed by atoms with E-state index in [-0.39, 0.29) is 17.4 Å². The van der Waals surface area contributed by atoms with Crippen molar-refractivity contribution in [2.45, 2.75) is 45.4 Å². The topological polar surface area (TPSA) is 83.4 Å². The van der Waals surface area contributed by atoms with Crippen molar-refractivity contribution in [3.8, 4) is 0 Å². The van der Waals surface area contributed by atoms with Crippen LogP contribution < -0.4 is 0 Å². The van der Waals surface area contributed by atoms with Gasteiger partial charge in [0.1, 0.15) is 5.69 Å². The maximum absolute atomic E-state index is 12.8. The van der Waals surface area contributed by atoms with Gasteiger partial charge in [0.15, 0.2) is 0 Å². The largest absolute Gasteiger partial charge is 0.478 e. The van der Waals surface area contributed by atoms with Gasteiger partial charge in [-0.2, -0.15) is 0 Å². The summed E-state index contributed by atoms with van der Waals surface area (Å²) in [6.07, 6.45) is 1.96. The maximum atomic E-state index is 12.8. The Morgan fingerprint density at radius 2 is 2.08 bits per heavy atom. The molecule has 26 heavy (non-hydrogen) atoms. The molecule has 0 radical (unpaired) electrons. The van der Waals surface area contributed by atoms with Gasteiger partial charge in [0.05, 0.1) is 22.0 Å². The molecule has 2 aromatic rings. The van der Waals surface area contributed by atoms with Crippen molar-refractivity contribution in [2.75, 3.05) is 13.1 Å². The Bertz CT molecular complexity index is 831. The molecule has 0 saturated carbocycles. The van der Waals surface area contributed by atoms with Crippen LogP contribution in [0.25, 0.3) is 0 Å². The number of carbonyl (C=O) groups excluding carboxylic acids is 1. The van der Waals surface area contributed by atoms with E-state index in [0.717, 1.165) is 23.5 Å². The molecule has 2 aromatic heterocycles. The number of carboxylic acids is 1. The zero-order valence-corrected chi connectivity index (χ0v) is 16.0. The fourth-order valence-corrected chi connectivity index (χ4v) is 4.29. The van der Waals surface area contributed by atoms with E-state index in [9.17, 15) is 9.59 Å². The van der Waals surface area contributed by atoms with E-state index in [0.29, 0.717) is 30.4 Å². The summed E-state index contributed by atoms with van der Waals surface area (Å²) in [6.45, 7) is 7.20. The molecule has 3 rings (SSSR count). The molecule has 1 unspecified atom stereocenters. The van der Waals surface area contributed by atoms with Crippen LogP contribution in [0.2, 0.25) is 0 Å². The van der Waals surface area contributed by atoms with Crippen LogP contribution >= 0.6 is 11.3 Å². The molecule has 6 nitrogen and oxygen atoms in total. The van der Waals surface area contributed by atoms with Gasteiger partial charge in [-0.25, -0.2) is 14.8 Å². The van der Waals surface area contributed by atoms with E-state index in [2.05, 4.69) is 24.2 Å². The Hall–Kier alpha value is -2.28. The molecular formula is C19H23N3O3S. The first kappa shape index (κ1) is 18.5. The Kier molecular flexibility index (Phi) is 5.36. The molecule has 0 aliphatic carbocycles. The third kappa shape index (κ3) is 3.77. The first-order valence-electron chi connectivity index (χ1n) is 8.82. The highest BCUT2D eigenvalue weighted by Gasteiger charge is 2.28. The normalized spacial score (nSPS) is 17.5. The van der Waals surface area contributed by atoms with Gasteiger partial charge in [0.25, 0.3) is 5.91 Å². The van der Waals surface area contributed by atoms with Crippen molar-refractivity contribution >= 4 is 23.2 Å². The van der Waals surface area contributed by atoms with Crippen LogP contribution in [0.3, 0.4) is 0 Å². The first-order chi connectivity index (χ1) is 12.4. The SMILES string of the molecule is Cc1nc(C(=O)N2CCCC(c3nc(C(C)C)cs3)C2)ccc1C(=O)O. The highest BCUT2D eigenvalue weighted by atomic mass is 32.1. The molecule has 1 aliphatic rings. The van der Waals surface area contributed by atoms with Crippen molar-refractivity contribution < 1.29 is 14.7 Å². The zero-order chi connectivity index (χ0) is 18.8. The predicted octanol–water partition coefficient (Wildman–Crippen LogP) is 3.69. The standard InChI is InChI=1S/C19H23N3O3S/c1-11(2)16-10-26-17(21-16)13-5-4-8-22(9-13)18(23)15-7-6-14(19(24)25)12(3)20-15/h6-7,10-11,13H,4-5,8-9H2,1-3H3,(H,24,25). The molecule has 1 N–H and O–H groups in total. The van der Waals surface area contributed by atoms with Crippen LogP contribution in [-0.2, 0) is 0 Å². The summed E-state index contributed by atoms with van der Waals surface area (Å²) in [5.41, 5.74) is 1.89. The third-order valence-corrected chi connectivity index (χ3v) is 5.75. The molecule has 1 amide bonds. The van der Waals surface area contributed by atoms with Crippen LogP contribution in [-0.4, -0.2) is 44.9 Å². The number of hydrogen-bond donors (Lipinski definition) is 1. The Morgan fingerprint density at radius 1 is 1.31 bits per heavy atom. The minimum Gasteiger partial charge on any atom is -0.478 e. The fourth-order valence-electron chi connectivity index (χ4n) is 3.18. The van der Waals surface area contributed by atoms with E-state index in [1.807, 2.05) is 4.90 Å². The molecule has 1 atom stereocenters. The van der Waals surface area contributed by atoms with Gasteiger partial charge in [-0.1, -0.05) is 13.8 Å². The second-order valence-corrected chi connectivity index (χ2v) is 7.88. The smallest absolute Gasteiger partial charge is 0.337 e. The van der Waals surface area contributed by atoms with Crippen molar-refractivity contribution in [3.63, 3.8) is 0 Å². The van der Waals surface area contributed by atoms with E-state index < -0.39 is 5.97 Å². The molecule has 1 fully saturated rings. The molecule has 0 bridgehead atoms. The van der Waals surface area contributed by atoms with E-state index in [4.69, 9.17) is 10.1 Å². The zero-order valence-electron chi connectivity index (χ0n) is 15.2. The number of rotatable bonds is 4. The number of pyridine rings is 1. The first-order valence-corrected chi connectivity index (χ1v) is 9.70. The van der Waals surface area contributed by atoms with Gasteiger partial charge in [-0.05, 0) is 37.8 Å². The van der Waals surface area contributed by atoms with Crippen LogP contribution in [0.1, 0.15) is 75.8 Å². The lowest BCUT2D eigenvalue weighted by Gasteiger charge is -2.31. The molecule has 1 saturated heterocycles. The minimum absolute atomic E-state index is 0.127. The van der Waals surface area contributed by atoms with Crippen LogP contribution in [0.15, 0.2) is 17.5 Å². The number of aromatic carboxylic acids is 1. The van der Waals surface area contributed by atoms with Gasteiger partial charge in [0, 0.05) is 24.4 Å². The Balaban J connectivity index is 1.75. The van der Waals surface area contributed by atoms with Gasteiger partial charge in [0.2, 0.25) is 0 Å². The van der Waals surface area contributed by atoms with Gasteiger partial charge >= 0.3 is 5.97 Å². The molecular weight excluding hydrogens is 350 g/mol. The van der Waals surface area contributed by atoms with Crippen LogP contribution in [0, 0.1) is 6.92 Å². The molecule has 0 aromatic carbocycles. The van der Waals surface area contributed by atoms with Crippen molar-refractivity contribution in [1.29, 1.82) is 0 Å². The maximum Gasteiger partial charge on any atom is 0.337 e. The fraction of sp³-hybridized carbons (Fsp3) is 0.474. The van der Waals surface area contributed by atoms with Gasteiger partial charge in [-0.15, -0.1) is 11.3 Å². The summed E-state index contributed by atoms with van der Waals surface area (Å²) >= 11 is 1.67. The number of aryl methyl sites for hydroxylation is 1. The summed E-state index contributed by atoms with van der Waals surface area (Å²) in [4.78, 5) is 34.7. The van der Waals surface area contributed by atoms with Gasteiger partial charge in [-0.3, -0.25) is 4.79 Å². The van der Waals surface area contributed by atoms with Crippen molar-refractivity contribution in [1.82, 2.24) is 14.9 Å². The summed E-state index contributed by atoms with van der Waals surface area (Å²) in [6, 6.07) is 2.96. The lowest BCUT2D eigenvalue weighted by atomic mass is 9.98. The summed E-state index contributed by atoms with van der Waals surface area (Å²) < 4.78 is 0. The number of carboxylic acid groups (broad SMARTS) is 1. The highest BCUT2D eigenvalue weighted by Crippen LogP contribution is 2.31. The van der Waals surface area contributed by atoms with E-state index in [1.54, 1.807) is 18.3 Å². The van der Waals surface area contributed by atoms with E-state index >= 15 is 0 Å². The number of thiazole rings is 1. The number of hydrogen-bond acceptors (Lipinski definition) is 5. The monoisotopic (exact) mass is 373 g/mol. The molecule has 0 spiro atoms. The van der Waals surface area contributed by atoms with Crippen molar-refractivity contribution in [3.05, 3.63) is 45.2 Å². The van der Waals surface area contributed by atoms with Crippen LogP contribution in [0.4, 0.5) is 0 Å². The highest BCUT2D eigenvalue weighted by molar-refractivity contribution is 7.09. The number of carbonyl (C=O) groups is 2.